The van der Waals surface area contributed by atoms with Crippen LogP contribution < -0.4 is 0 Å². The number of esters is 1. The number of nitrogens with zero attached hydrogens (tertiary/aromatic N) is 2. The Kier molecular flexibility index (Phi) is 7.32. The molecule has 0 saturated carbocycles. The van der Waals surface area contributed by atoms with Crippen molar-refractivity contribution in [3.63, 3.8) is 0 Å². The van der Waals surface area contributed by atoms with Crippen molar-refractivity contribution in [2.24, 2.45) is 5.92 Å². The van der Waals surface area contributed by atoms with Crippen molar-refractivity contribution in [3.8, 4) is 0 Å². The molecular weight excluding hydrogens is 375 g/mol. The van der Waals surface area contributed by atoms with E-state index in [9.17, 15) is 22.4 Å². The van der Waals surface area contributed by atoms with Gasteiger partial charge >= 0.3 is 5.97 Å². The molecule has 150 valence electrons. The van der Waals surface area contributed by atoms with Gasteiger partial charge in [0, 0.05) is 19.6 Å². The van der Waals surface area contributed by atoms with Gasteiger partial charge in [0.1, 0.15) is 5.82 Å². The number of benzene rings is 1. The summed E-state index contributed by atoms with van der Waals surface area (Å²) < 4.78 is 44.5. The van der Waals surface area contributed by atoms with Gasteiger partial charge in [-0.25, -0.2) is 12.8 Å². The molecule has 1 fully saturated rings. The Morgan fingerprint density at radius 2 is 1.78 bits per heavy atom. The topological polar surface area (TPSA) is 84.0 Å². The maximum atomic E-state index is 13.0. The number of likely N-dealkylation sites (N-methyl/N-ethyl adjacent to an activating group) is 1. The minimum Gasteiger partial charge on any atom is -0.466 e. The number of piperidine rings is 1. The lowest BCUT2D eigenvalue weighted by atomic mass is 9.97. The molecule has 0 radical (unpaired) electrons. The van der Waals surface area contributed by atoms with Gasteiger partial charge in [-0.1, -0.05) is 6.92 Å². The predicted octanol–water partition coefficient (Wildman–Crippen LogP) is 1.64. The molecule has 1 heterocycles. The molecule has 9 heteroatoms. The lowest BCUT2D eigenvalue weighted by Gasteiger charge is -2.32. The van der Waals surface area contributed by atoms with Crippen LogP contribution in [0.25, 0.3) is 0 Å². The lowest BCUT2D eigenvalue weighted by Crippen LogP contribution is -2.46. The monoisotopic (exact) mass is 400 g/mol. The lowest BCUT2D eigenvalue weighted by molar-refractivity contribution is -0.151. The second-order valence-electron chi connectivity index (χ2n) is 6.29. The van der Waals surface area contributed by atoms with Crippen LogP contribution in [-0.4, -0.2) is 62.3 Å². The summed E-state index contributed by atoms with van der Waals surface area (Å²) in [4.78, 5) is 25.8. The Hall–Kier alpha value is -2.00. The van der Waals surface area contributed by atoms with Gasteiger partial charge in [-0.15, -0.1) is 0 Å². The number of ether oxygens (including phenoxy) is 1. The van der Waals surface area contributed by atoms with Crippen molar-refractivity contribution in [2.45, 2.75) is 31.6 Å². The van der Waals surface area contributed by atoms with Gasteiger partial charge in [0.05, 0.1) is 24.0 Å². The number of hydrogen-bond acceptors (Lipinski definition) is 5. The summed E-state index contributed by atoms with van der Waals surface area (Å²) in [7, 11) is -3.89. The van der Waals surface area contributed by atoms with Crippen LogP contribution in [0, 0.1) is 11.7 Å². The zero-order valence-electron chi connectivity index (χ0n) is 15.6. The predicted molar refractivity (Wildman–Crippen MR) is 96.8 cm³/mol. The molecule has 0 unspecified atom stereocenters. The first-order valence-corrected chi connectivity index (χ1v) is 10.4. The fourth-order valence-electron chi connectivity index (χ4n) is 3.00. The highest BCUT2D eigenvalue weighted by atomic mass is 32.2. The molecule has 2 rings (SSSR count). The molecule has 1 saturated heterocycles. The largest absolute Gasteiger partial charge is 0.466 e. The van der Waals surface area contributed by atoms with Crippen LogP contribution >= 0.6 is 0 Å². The van der Waals surface area contributed by atoms with Gasteiger partial charge in [0.2, 0.25) is 15.9 Å². The van der Waals surface area contributed by atoms with E-state index < -0.39 is 15.8 Å². The van der Waals surface area contributed by atoms with Crippen molar-refractivity contribution in [1.82, 2.24) is 9.21 Å². The van der Waals surface area contributed by atoms with Gasteiger partial charge < -0.3 is 9.64 Å². The molecule has 1 aliphatic rings. The number of carbonyl (C=O) groups excluding carboxylic acids is 2. The van der Waals surface area contributed by atoms with E-state index in [2.05, 4.69) is 0 Å². The molecule has 1 amide bonds. The van der Waals surface area contributed by atoms with E-state index in [0.717, 1.165) is 16.4 Å². The van der Waals surface area contributed by atoms with E-state index in [4.69, 9.17) is 4.74 Å². The Balaban J connectivity index is 1.99. The summed E-state index contributed by atoms with van der Waals surface area (Å²) in [5, 5.41) is 0. The first kappa shape index (κ1) is 21.3. The molecule has 0 bridgehead atoms. The number of carbonyl (C=O) groups is 2. The van der Waals surface area contributed by atoms with Crippen molar-refractivity contribution < 1.29 is 27.1 Å². The first-order valence-electron chi connectivity index (χ1n) is 8.99. The highest BCUT2D eigenvalue weighted by molar-refractivity contribution is 7.89. The third-order valence-corrected chi connectivity index (χ3v) is 6.52. The fraction of sp³-hybridized carbons (Fsp3) is 0.556. The standard InChI is InChI=1S/C18H25FN2O5S/c1-3-21(27(24,25)16-7-5-15(19)6-8-16)13-17(22)20-11-9-14(10-12-20)18(23)26-4-2/h5-8,14H,3-4,9-13H2,1-2H3. The molecule has 0 aromatic heterocycles. The molecular formula is C18H25FN2O5S. The van der Waals surface area contributed by atoms with Gasteiger partial charge in [-0.2, -0.15) is 4.31 Å². The highest BCUT2D eigenvalue weighted by Gasteiger charge is 2.31. The molecule has 0 aliphatic carbocycles. The molecule has 1 aromatic carbocycles. The zero-order chi connectivity index (χ0) is 20.0. The Morgan fingerprint density at radius 1 is 1.19 bits per heavy atom. The second-order valence-corrected chi connectivity index (χ2v) is 8.23. The third kappa shape index (κ3) is 5.26. The van der Waals surface area contributed by atoms with Crippen LogP contribution in [0.15, 0.2) is 29.2 Å². The van der Waals surface area contributed by atoms with Gasteiger partial charge in [0.25, 0.3) is 0 Å². The molecule has 7 nitrogen and oxygen atoms in total. The summed E-state index contributed by atoms with van der Waals surface area (Å²) in [6.45, 7) is 4.31. The van der Waals surface area contributed by atoms with Crippen LogP contribution in [0.3, 0.4) is 0 Å². The molecule has 0 N–H and O–H groups in total. The maximum Gasteiger partial charge on any atom is 0.309 e. The smallest absolute Gasteiger partial charge is 0.309 e. The highest BCUT2D eigenvalue weighted by Crippen LogP contribution is 2.20. The summed E-state index contributed by atoms with van der Waals surface area (Å²) in [5.74, 6) is -1.32. The number of sulfonamides is 1. The average molecular weight is 400 g/mol. The van der Waals surface area contributed by atoms with Gasteiger partial charge in [-0.3, -0.25) is 9.59 Å². The quantitative estimate of drug-likeness (QED) is 0.650. The summed E-state index contributed by atoms with van der Waals surface area (Å²) in [5.41, 5.74) is 0. The minimum atomic E-state index is -3.89. The molecule has 1 aliphatic heterocycles. The van der Waals surface area contributed by atoms with Crippen LogP contribution in [0.1, 0.15) is 26.7 Å². The molecule has 1 aromatic rings. The van der Waals surface area contributed by atoms with Crippen molar-refractivity contribution in [1.29, 1.82) is 0 Å². The Bertz CT molecular complexity index is 758. The third-order valence-electron chi connectivity index (χ3n) is 4.58. The normalized spacial score (nSPS) is 15.8. The maximum absolute atomic E-state index is 13.0. The Labute approximate surface area is 159 Å². The van der Waals surface area contributed by atoms with E-state index in [-0.39, 0.29) is 35.8 Å². The Morgan fingerprint density at radius 3 is 2.30 bits per heavy atom. The van der Waals surface area contributed by atoms with E-state index in [1.54, 1.807) is 18.7 Å². The van der Waals surface area contributed by atoms with Crippen LogP contribution in [0.5, 0.6) is 0 Å². The van der Waals surface area contributed by atoms with E-state index in [0.29, 0.717) is 32.5 Å². The number of halogens is 1. The van der Waals surface area contributed by atoms with E-state index >= 15 is 0 Å². The van der Waals surface area contributed by atoms with Crippen LogP contribution in [-0.2, 0) is 24.3 Å². The van der Waals surface area contributed by atoms with E-state index in [1.165, 1.54) is 12.1 Å². The molecule has 0 atom stereocenters. The molecule has 0 spiro atoms. The summed E-state index contributed by atoms with van der Waals surface area (Å²) in [6, 6.07) is 4.51. The summed E-state index contributed by atoms with van der Waals surface area (Å²) in [6.07, 6.45) is 1.00. The fourth-order valence-corrected chi connectivity index (χ4v) is 4.40. The first-order chi connectivity index (χ1) is 12.8. The zero-order valence-corrected chi connectivity index (χ0v) is 16.4. The average Bonchev–Trinajstić information content (AvgIpc) is 2.66. The van der Waals surface area contributed by atoms with Gasteiger partial charge in [0.15, 0.2) is 0 Å². The van der Waals surface area contributed by atoms with Crippen LogP contribution in [0.2, 0.25) is 0 Å². The van der Waals surface area contributed by atoms with E-state index in [1.807, 2.05) is 0 Å². The number of rotatable bonds is 7. The molecule has 27 heavy (non-hydrogen) atoms. The van der Waals surface area contributed by atoms with Crippen molar-refractivity contribution in [2.75, 3.05) is 32.8 Å². The SMILES string of the molecule is CCOC(=O)C1CCN(C(=O)CN(CC)S(=O)(=O)c2ccc(F)cc2)CC1. The number of amides is 1. The number of hydrogen-bond donors (Lipinski definition) is 0. The van der Waals surface area contributed by atoms with Gasteiger partial charge in [-0.05, 0) is 44.0 Å². The second kappa shape index (κ2) is 9.27. The van der Waals surface area contributed by atoms with Crippen molar-refractivity contribution >= 4 is 21.9 Å². The van der Waals surface area contributed by atoms with Crippen LogP contribution in [0.4, 0.5) is 4.39 Å². The minimum absolute atomic E-state index is 0.0560. The number of likely N-dealkylation sites (tertiary alicyclic amines) is 1. The summed E-state index contributed by atoms with van der Waals surface area (Å²) >= 11 is 0. The van der Waals surface area contributed by atoms with Crippen molar-refractivity contribution in [3.05, 3.63) is 30.1 Å².